The van der Waals surface area contributed by atoms with E-state index in [2.05, 4.69) is 0 Å². The third-order valence-electron chi connectivity index (χ3n) is 3.95. The van der Waals surface area contributed by atoms with Gasteiger partial charge in [-0.05, 0) is 35.2 Å². The summed E-state index contributed by atoms with van der Waals surface area (Å²) < 4.78 is 0.537. The molecule has 4 rings (SSSR count). The van der Waals surface area contributed by atoms with Gasteiger partial charge in [0.2, 0.25) is 0 Å². The van der Waals surface area contributed by atoms with Gasteiger partial charge in [0, 0.05) is 10.4 Å². The van der Waals surface area contributed by atoms with E-state index in [0.29, 0.717) is 14.2 Å². The highest BCUT2D eigenvalue weighted by atomic mass is 35.5. The number of thioether (sulfide) groups is 1. The van der Waals surface area contributed by atoms with E-state index < -0.39 is 0 Å². The number of anilines is 1. The van der Waals surface area contributed by atoms with Gasteiger partial charge in [0.05, 0.1) is 10.6 Å². The van der Waals surface area contributed by atoms with E-state index in [1.54, 1.807) is 11.0 Å². The molecular formula is C20H12ClNOS2. The maximum Gasteiger partial charge on any atom is 0.270 e. The van der Waals surface area contributed by atoms with Crippen molar-refractivity contribution in [3.63, 3.8) is 0 Å². The first-order valence-corrected chi connectivity index (χ1v) is 9.25. The second-order valence-corrected chi connectivity index (χ2v) is 7.68. The molecule has 1 amide bonds. The van der Waals surface area contributed by atoms with Gasteiger partial charge in [-0.1, -0.05) is 84.1 Å². The monoisotopic (exact) mass is 381 g/mol. The fourth-order valence-corrected chi connectivity index (χ4v) is 4.31. The van der Waals surface area contributed by atoms with Gasteiger partial charge in [-0.3, -0.25) is 9.69 Å². The molecule has 0 radical (unpaired) electrons. The lowest BCUT2D eigenvalue weighted by atomic mass is 10.1. The van der Waals surface area contributed by atoms with Gasteiger partial charge < -0.3 is 0 Å². The largest absolute Gasteiger partial charge is 0.270 e. The molecule has 0 unspecified atom stereocenters. The maximum atomic E-state index is 13.0. The summed E-state index contributed by atoms with van der Waals surface area (Å²) in [5.74, 6) is -0.105. The fraction of sp³-hybridized carbons (Fsp3) is 0. The average Bonchev–Trinajstić information content (AvgIpc) is 2.88. The Bertz CT molecular complexity index is 1040. The Morgan fingerprint density at radius 1 is 1.00 bits per heavy atom. The number of carbonyl (C=O) groups is 1. The Morgan fingerprint density at radius 3 is 2.60 bits per heavy atom. The van der Waals surface area contributed by atoms with Gasteiger partial charge in [-0.25, -0.2) is 0 Å². The van der Waals surface area contributed by atoms with Crippen molar-refractivity contribution in [2.45, 2.75) is 0 Å². The lowest BCUT2D eigenvalue weighted by Gasteiger charge is -2.17. The van der Waals surface area contributed by atoms with Crippen LogP contribution in [0.15, 0.2) is 71.6 Å². The van der Waals surface area contributed by atoms with Crippen molar-refractivity contribution in [2.24, 2.45) is 0 Å². The first kappa shape index (κ1) is 16.3. The molecule has 2 nitrogen and oxygen atoms in total. The third kappa shape index (κ3) is 3.09. The maximum absolute atomic E-state index is 13.0. The van der Waals surface area contributed by atoms with Gasteiger partial charge in [0.25, 0.3) is 5.91 Å². The molecule has 122 valence electrons. The molecule has 5 heteroatoms. The van der Waals surface area contributed by atoms with Gasteiger partial charge in [0.15, 0.2) is 4.32 Å². The first-order valence-electron chi connectivity index (χ1n) is 7.65. The van der Waals surface area contributed by atoms with Crippen LogP contribution in [0.2, 0.25) is 5.02 Å². The minimum atomic E-state index is -0.105. The van der Waals surface area contributed by atoms with Crippen LogP contribution in [0.3, 0.4) is 0 Å². The van der Waals surface area contributed by atoms with Crippen LogP contribution < -0.4 is 4.90 Å². The van der Waals surface area contributed by atoms with Crippen molar-refractivity contribution >= 4 is 68.3 Å². The normalized spacial score (nSPS) is 16.2. The highest BCUT2D eigenvalue weighted by molar-refractivity contribution is 8.27. The predicted molar refractivity (Wildman–Crippen MR) is 111 cm³/mol. The lowest BCUT2D eigenvalue weighted by Crippen LogP contribution is -2.27. The van der Waals surface area contributed by atoms with Gasteiger partial charge >= 0.3 is 0 Å². The van der Waals surface area contributed by atoms with Crippen molar-refractivity contribution in [1.82, 2.24) is 0 Å². The molecule has 25 heavy (non-hydrogen) atoms. The zero-order valence-electron chi connectivity index (χ0n) is 13.0. The average molecular weight is 382 g/mol. The Balaban J connectivity index is 1.77. The standard InChI is InChI=1S/C20H12ClNOS2/c21-15-8-3-5-13(11-15)12-18-19(23)22(20(24)25-18)17-10-4-7-14-6-1-2-9-16(14)17/h1-12H/b18-12+. The summed E-state index contributed by atoms with van der Waals surface area (Å²) >= 11 is 12.8. The number of benzene rings is 3. The number of nitrogens with zero attached hydrogens (tertiary/aromatic N) is 1. The molecule has 1 saturated heterocycles. The van der Waals surface area contributed by atoms with Crippen molar-refractivity contribution in [1.29, 1.82) is 0 Å². The van der Waals surface area contributed by atoms with Crippen LogP contribution in [-0.2, 0) is 4.79 Å². The number of hydrogen-bond acceptors (Lipinski definition) is 3. The number of hydrogen-bond donors (Lipinski definition) is 0. The van der Waals surface area contributed by atoms with Gasteiger partial charge in [-0.2, -0.15) is 0 Å². The highest BCUT2D eigenvalue weighted by Gasteiger charge is 2.34. The first-order chi connectivity index (χ1) is 12.1. The molecule has 1 heterocycles. The minimum Gasteiger partial charge on any atom is -0.268 e. The SMILES string of the molecule is O=C1/C(=C\c2cccc(Cl)c2)SC(=S)N1c1cccc2ccccc12. The summed E-state index contributed by atoms with van der Waals surface area (Å²) in [6.07, 6.45) is 1.83. The molecule has 1 aliphatic rings. The molecule has 0 aromatic heterocycles. The number of halogens is 1. The number of fused-ring (bicyclic) bond motifs is 1. The molecule has 0 aliphatic carbocycles. The van der Waals surface area contributed by atoms with Gasteiger partial charge in [0.1, 0.15) is 0 Å². The number of carbonyl (C=O) groups excluding carboxylic acids is 1. The smallest absolute Gasteiger partial charge is 0.268 e. The predicted octanol–water partition coefficient (Wildman–Crippen LogP) is 5.90. The quantitative estimate of drug-likeness (QED) is 0.407. The van der Waals surface area contributed by atoms with Crippen LogP contribution in [0.1, 0.15) is 5.56 Å². The summed E-state index contributed by atoms with van der Waals surface area (Å²) in [4.78, 5) is 15.2. The summed E-state index contributed by atoms with van der Waals surface area (Å²) in [5.41, 5.74) is 1.70. The molecule has 0 bridgehead atoms. The molecule has 1 fully saturated rings. The van der Waals surface area contributed by atoms with E-state index in [9.17, 15) is 4.79 Å². The Labute approximate surface area is 160 Å². The molecule has 3 aromatic rings. The molecule has 0 N–H and O–H groups in total. The number of thiocarbonyl (C=S) groups is 1. The zero-order chi connectivity index (χ0) is 17.4. The van der Waals surface area contributed by atoms with E-state index in [1.165, 1.54) is 11.8 Å². The zero-order valence-corrected chi connectivity index (χ0v) is 15.4. The summed E-state index contributed by atoms with van der Waals surface area (Å²) in [5, 5.41) is 2.72. The lowest BCUT2D eigenvalue weighted by molar-refractivity contribution is -0.113. The van der Waals surface area contributed by atoms with Crippen LogP contribution in [-0.4, -0.2) is 10.2 Å². The third-order valence-corrected chi connectivity index (χ3v) is 5.48. The van der Waals surface area contributed by atoms with Crippen molar-refractivity contribution < 1.29 is 4.79 Å². The molecule has 0 atom stereocenters. The van der Waals surface area contributed by atoms with Crippen molar-refractivity contribution in [3.8, 4) is 0 Å². The van der Waals surface area contributed by atoms with Crippen molar-refractivity contribution in [3.05, 3.63) is 82.2 Å². The van der Waals surface area contributed by atoms with E-state index in [1.807, 2.05) is 66.7 Å². The van der Waals surface area contributed by atoms with Crippen LogP contribution in [0.25, 0.3) is 16.8 Å². The van der Waals surface area contributed by atoms with Crippen LogP contribution in [0.5, 0.6) is 0 Å². The Morgan fingerprint density at radius 2 is 1.76 bits per heavy atom. The van der Waals surface area contributed by atoms with Gasteiger partial charge in [-0.15, -0.1) is 0 Å². The molecule has 3 aromatic carbocycles. The Kier molecular flexibility index (Phi) is 4.34. The van der Waals surface area contributed by atoms with Crippen molar-refractivity contribution in [2.75, 3.05) is 4.90 Å². The van der Waals surface area contributed by atoms with Crippen LogP contribution in [0.4, 0.5) is 5.69 Å². The van der Waals surface area contributed by atoms with Crippen LogP contribution >= 0.6 is 35.6 Å². The molecule has 1 aliphatic heterocycles. The summed E-state index contributed by atoms with van der Waals surface area (Å²) in [7, 11) is 0. The Hall–Kier alpha value is -2.14. The topological polar surface area (TPSA) is 20.3 Å². The minimum absolute atomic E-state index is 0.105. The second-order valence-electron chi connectivity index (χ2n) is 5.57. The van der Waals surface area contributed by atoms with E-state index in [4.69, 9.17) is 23.8 Å². The molecule has 0 spiro atoms. The van der Waals surface area contributed by atoms with E-state index >= 15 is 0 Å². The van der Waals surface area contributed by atoms with E-state index in [0.717, 1.165) is 22.0 Å². The summed E-state index contributed by atoms with van der Waals surface area (Å²) in [6.45, 7) is 0. The van der Waals surface area contributed by atoms with E-state index in [-0.39, 0.29) is 5.91 Å². The molecule has 0 saturated carbocycles. The number of amides is 1. The summed E-state index contributed by atoms with van der Waals surface area (Å²) in [6, 6.07) is 21.3. The number of rotatable bonds is 2. The fourth-order valence-electron chi connectivity index (χ4n) is 2.83. The highest BCUT2D eigenvalue weighted by Crippen LogP contribution is 2.38. The van der Waals surface area contributed by atoms with Crippen LogP contribution in [0, 0.1) is 0 Å². The molecular weight excluding hydrogens is 370 g/mol. The second kappa shape index (κ2) is 6.64.